The Kier molecular flexibility index (Phi) is 2390. The summed E-state index contributed by atoms with van der Waals surface area (Å²) in [6.45, 7) is 28.5. The van der Waals surface area contributed by atoms with Crippen LogP contribution in [0.1, 0.15) is 0 Å². The van der Waals surface area contributed by atoms with Gasteiger partial charge in [-0.05, 0) is 0 Å². The van der Waals surface area contributed by atoms with Crippen LogP contribution < -0.4 is 206 Å². The molecule has 0 aromatic heterocycles. The molecule has 9 nitrogen and oxygen atoms in total. The van der Waals surface area contributed by atoms with Crippen LogP contribution in [0.4, 0.5) is 0 Å². The molecule has 0 unspecified atom stereocenters. The normalized spacial score (nSPS) is 1.20. The second-order valence-electron chi connectivity index (χ2n) is 0.0745. The van der Waals surface area contributed by atoms with Crippen LogP contribution in [-0.2, 0) is 17.1 Å². The summed E-state index contributed by atoms with van der Waals surface area (Å²) >= 11 is 0. The molecule has 20 heavy (non-hydrogen) atoms. The van der Waals surface area contributed by atoms with Crippen LogP contribution in [-0.4, -0.2) is 0 Å². The van der Waals surface area contributed by atoms with Crippen molar-refractivity contribution in [2.45, 2.75) is 0 Å². The summed E-state index contributed by atoms with van der Waals surface area (Å²) in [6.07, 6.45) is 0. The average molecular weight is 414 g/mol. The first-order chi connectivity index (χ1) is 7.41. The minimum absolute atomic E-state index is 0. The van der Waals surface area contributed by atoms with Gasteiger partial charge >= 0.3 is 223 Å². The molecule has 0 aliphatic heterocycles. The zero-order chi connectivity index (χ0) is 14.7. The summed E-state index contributed by atoms with van der Waals surface area (Å²) in [5, 5.41) is 46.5. The molecule has 0 aromatic rings. The summed E-state index contributed by atoms with van der Waals surface area (Å²) < 4.78 is 0. The summed E-state index contributed by atoms with van der Waals surface area (Å²) in [5.74, 6) is 0. The van der Waals surface area contributed by atoms with Crippen molar-refractivity contribution in [1.29, 1.82) is 31.6 Å². The summed E-state index contributed by atoms with van der Waals surface area (Å²) in [5.41, 5.74) is 0. The van der Waals surface area contributed by atoms with Gasteiger partial charge in [0.05, 0.1) is 0 Å². The van der Waals surface area contributed by atoms with E-state index in [2.05, 4.69) is 0 Å². The van der Waals surface area contributed by atoms with Gasteiger partial charge < -0.3 is 81.1 Å². The maximum absolute atomic E-state index is 8.00. The third-order valence-corrected chi connectivity index (χ3v) is 0. The van der Waals surface area contributed by atoms with Crippen LogP contribution in [0.5, 0.6) is 0 Å². The van der Waals surface area contributed by atoms with Gasteiger partial charge in [0, 0.05) is 0 Å². The summed E-state index contributed by atoms with van der Waals surface area (Å²) in [6, 6.07) is 0. The first kappa shape index (κ1) is 90.3. The molecule has 0 radical (unpaired) electrons. The number of hydrogen-bond acceptors (Lipinski definition) is 9. The van der Waals surface area contributed by atoms with E-state index in [0.29, 0.717) is 0 Å². The zero-order valence-electron chi connectivity index (χ0n) is 11.3. The van der Waals surface area contributed by atoms with Gasteiger partial charge in [-0.25, -0.2) is 0 Å². The minimum atomic E-state index is 0. The first-order valence-electron chi connectivity index (χ1n) is 1.71. The number of nitrogens with zero attached hydrogens (tertiary/aromatic N) is 7. The molecule has 0 aliphatic rings. The molecule has 0 rings (SSSR count). The fraction of sp³-hybridized carbons (Fsp3) is 0. The zero-order valence-corrected chi connectivity index (χ0v) is 24.9. The predicted molar refractivity (Wildman–Crippen MR) is 39.0 cm³/mol. The summed E-state index contributed by atoms with van der Waals surface area (Å²) in [7, 11) is 0. The van der Waals surface area contributed by atoms with Gasteiger partial charge in [0.1, 0.15) is 0 Å². The SMILES string of the molecule is O=N[O-].[C-]#N.[C-]#N.[C-]#N.[C-]#N.[C-]#N.[C-]#N.[Fe+2].[K+].[K+].[K+].[K+]. The second kappa shape index (κ2) is 529. The van der Waals surface area contributed by atoms with Crippen LogP contribution in [0, 0.1) is 81.1 Å². The van der Waals surface area contributed by atoms with Gasteiger partial charge in [-0.15, -0.1) is 5.34 Å². The molecule has 0 aliphatic carbocycles. The van der Waals surface area contributed by atoms with Crippen LogP contribution in [0.3, 0.4) is 0 Å². The van der Waals surface area contributed by atoms with E-state index in [1.807, 2.05) is 0 Å². The van der Waals surface area contributed by atoms with Crippen molar-refractivity contribution in [3.8, 4) is 0 Å². The van der Waals surface area contributed by atoms with Gasteiger partial charge in [-0.2, -0.15) is 0 Å². The molecule has 0 fully saturated rings. The van der Waals surface area contributed by atoms with Gasteiger partial charge in [0.15, 0.2) is 0 Å². The van der Waals surface area contributed by atoms with E-state index in [1.54, 1.807) is 0 Å². The molecule has 0 heterocycles. The molecule has 0 bridgehead atoms. The van der Waals surface area contributed by atoms with E-state index < -0.39 is 0 Å². The minimum Gasteiger partial charge on any atom is -0.512 e. The molecule has 0 saturated carbocycles. The Bertz CT molecular complexity index is 149. The quantitative estimate of drug-likeness (QED) is 0.161. The molecule has 14 heteroatoms. The Morgan fingerprint density at radius 1 is 0.550 bits per heavy atom. The number of rotatable bonds is 0. The van der Waals surface area contributed by atoms with Crippen molar-refractivity contribution < 1.29 is 223 Å². The third kappa shape index (κ3) is 769. The fourth-order valence-electron chi connectivity index (χ4n) is 0. The first-order valence-corrected chi connectivity index (χ1v) is 1.71. The average Bonchev–Trinajstić information content (AvgIpc) is 2.44. The molecule has 0 saturated heterocycles. The predicted octanol–water partition coefficient (Wildman–Crippen LogP) is -11.2. The molecule has 84 valence electrons. The van der Waals surface area contributed by atoms with Crippen molar-refractivity contribution in [3.05, 3.63) is 49.5 Å². The molecule has 0 N–H and O–H groups in total. The maximum Gasteiger partial charge on any atom is 2.00 e. The Labute approximate surface area is 300 Å². The standard InChI is InChI=1S/6CN.Fe.4K.HNO2/c6*1-2;;;;;;2-1-3/h;;;;;;;;;;;(H,2,3)/q6*-1;+2;4*+1;/p-1. The largest absolute Gasteiger partial charge is 2.00 e. The fourth-order valence-corrected chi connectivity index (χ4v) is 0. The van der Waals surface area contributed by atoms with E-state index >= 15 is 0 Å². The van der Waals surface area contributed by atoms with E-state index in [9.17, 15) is 0 Å². The Balaban J connectivity index is -0.00000000361. The van der Waals surface area contributed by atoms with E-state index in [-0.39, 0.29) is 223 Å². The monoisotopic (exact) mass is 414 g/mol. The number of hydrogen-bond donors (Lipinski definition) is 0. The molecular weight excluding hydrogens is 414 g/mol. The molecule has 0 aromatic carbocycles. The van der Waals surface area contributed by atoms with Gasteiger partial charge in [0.2, 0.25) is 0 Å². The van der Waals surface area contributed by atoms with E-state index in [4.69, 9.17) is 81.1 Å². The Hall–Kier alpha value is 3.40. The van der Waals surface area contributed by atoms with Crippen molar-refractivity contribution in [3.63, 3.8) is 0 Å². The van der Waals surface area contributed by atoms with Crippen molar-refractivity contribution in [2.24, 2.45) is 5.34 Å². The van der Waals surface area contributed by atoms with Gasteiger partial charge in [0.25, 0.3) is 0 Å². The summed E-state index contributed by atoms with van der Waals surface area (Å²) in [4.78, 5) is 8.00. The second-order valence-corrected chi connectivity index (χ2v) is 0.0745. The van der Waals surface area contributed by atoms with Gasteiger partial charge in [-0.3, -0.25) is 0 Å². The molecular formula is C6FeK4N7O2-. The van der Waals surface area contributed by atoms with Crippen LogP contribution in [0.15, 0.2) is 5.34 Å². The Morgan fingerprint density at radius 2 is 0.550 bits per heavy atom. The van der Waals surface area contributed by atoms with E-state index in [0.717, 1.165) is 5.34 Å². The van der Waals surface area contributed by atoms with Crippen molar-refractivity contribution >= 4 is 0 Å². The third-order valence-electron chi connectivity index (χ3n) is 0. The molecule has 0 amide bonds. The van der Waals surface area contributed by atoms with Crippen LogP contribution in [0.25, 0.3) is 0 Å². The molecule has 0 spiro atoms. The van der Waals surface area contributed by atoms with E-state index in [1.165, 1.54) is 0 Å². The topological polar surface area (TPSA) is 195 Å². The van der Waals surface area contributed by atoms with Crippen molar-refractivity contribution in [1.82, 2.24) is 0 Å². The van der Waals surface area contributed by atoms with Crippen LogP contribution in [0.2, 0.25) is 0 Å². The van der Waals surface area contributed by atoms with Gasteiger partial charge in [-0.1, -0.05) is 0 Å². The Morgan fingerprint density at radius 3 is 0.550 bits per heavy atom. The van der Waals surface area contributed by atoms with Crippen LogP contribution >= 0.6 is 0 Å². The maximum atomic E-state index is 8.00. The molecule has 0 atom stereocenters. The van der Waals surface area contributed by atoms with Crippen molar-refractivity contribution in [2.75, 3.05) is 0 Å². The smallest absolute Gasteiger partial charge is 0.512 e.